The van der Waals surface area contributed by atoms with Crippen molar-refractivity contribution < 1.29 is 18.0 Å². The zero-order valence-electron chi connectivity index (χ0n) is 16.1. The molecule has 0 bridgehead atoms. The van der Waals surface area contributed by atoms with E-state index >= 15 is 0 Å². The largest absolute Gasteiger partial charge is 0.416 e. The number of carbonyl (C=O) groups excluding carboxylic acids is 1. The third-order valence-electron chi connectivity index (χ3n) is 4.27. The molecule has 0 atom stereocenters. The van der Waals surface area contributed by atoms with Gasteiger partial charge in [-0.3, -0.25) is 4.79 Å². The summed E-state index contributed by atoms with van der Waals surface area (Å²) < 4.78 is 38.8. The lowest BCUT2D eigenvalue weighted by Gasteiger charge is -2.31. The fraction of sp³-hybridized carbons (Fsp3) is 0.409. The predicted molar refractivity (Wildman–Crippen MR) is 99.5 cm³/mol. The molecule has 0 amide bonds. The van der Waals surface area contributed by atoms with E-state index in [1.807, 2.05) is 41.5 Å². The molecule has 4 heteroatoms. The number of carbonyl (C=O) groups is 1. The van der Waals surface area contributed by atoms with Crippen molar-refractivity contribution >= 4 is 11.9 Å². The molecule has 0 N–H and O–H groups in total. The molecule has 1 aromatic carbocycles. The summed E-state index contributed by atoms with van der Waals surface area (Å²) in [6, 6.07) is 5.21. The van der Waals surface area contributed by atoms with Crippen LogP contribution in [0.4, 0.5) is 13.2 Å². The molecule has 0 spiro atoms. The van der Waals surface area contributed by atoms with Crippen molar-refractivity contribution in [3.63, 3.8) is 0 Å². The second kappa shape index (κ2) is 6.57. The van der Waals surface area contributed by atoms with E-state index in [1.54, 1.807) is 24.3 Å². The SMILES string of the molecule is CC(C)(C)C1=CC(=Cc2cccc(C(F)(F)F)c2)C=C(C(C)(C)C)C1=O. The van der Waals surface area contributed by atoms with Crippen molar-refractivity contribution in [2.45, 2.75) is 47.7 Å². The van der Waals surface area contributed by atoms with Crippen molar-refractivity contribution in [3.05, 3.63) is 64.3 Å². The molecule has 1 aliphatic carbocycles. The highest BCUT2D eigenvalue weighted by Gasteiger charge is 2.34. The summed E-state index contributed by atoms with van der Waals surface area (Å²) in [5, 5.41) is 0. The first-order chi connectivity index (χ1) is 11.7. The molecular formula is C22H25F3O. The van der Waals surface area contributed by atoms with Crippen LogP contribution in [0.3, 0.4) is 0 Å². The normalized spacial score (nSPS) is 16.3. The Balaban J connectivity index is 2.59. The molecule has 0 saturated heterocycles. The molecular weight excluding hydrogens is 337 g/mol. The van der Waals surface area contributed by atoms with Gasteiger partial charge in [-0.1, -0.05) is 53.7 Å². The predicted octanol–water partition coefficient (Wildman–Crippen LogP) is 6.62. The first-order valence-electron chi connectivity index (χ1n) is 8.57. The van der Waals surface area contributed by atoms with Crippen LogP contribution in [0.25, 0.3) is 6.08 Å². The van der Waals surface area contributed by atoms with E-state index < -0.39 is 11.7 Å². The number of ketones is 1. The number of hydrogen-bond acceptors (Lipinski definition) is 1. The van der Waals surface area contributed by atoms with Gasteiger partial charge in [0.2, 0.25) is 0 Å². The van der Waals surface area contributed by atoms with Crippen LogP contribution in [-0.4, -0.2) is 5.78 Å². The second-order valence-electron chi connectivity index (χ2n) is 8.71. The zero-order chi connectivity index (χ0) is 19.9. The summed E-state index contributed by atoms with van der Waals surface area (Å²) >= 11 is 0. The van der Waals surface area contributed by atoms with E-state index in [1.165, 1.54) is 6.07 Å². The fourth-order valence-electron chi connectivity index (χ4n) is 2.85. The molecule has 26 heavy (non-hydrogen) atoms. The van der Waals surface area contributed by atoms with Gasteiger partial charge in [0.1, 0.15) is 0 Å². The topological polar surface area (TPSA) is 17.1 Å². The molecule has 1 nitrogen and oxygen atoms in total. The van der Waals surface area contributed by atoms with Gasteiger partial charge in [-0.15, -0.1) is 0 Å². The third-order valence-corrected chi connectivity index (χ3v) is 4.27. The van der Waals surface area contributed by atoms with Crippen molar-refractivity contribution in [3.8, 4) is 0 Å². The maximum Gasteiger partial charge on any atom is 0.416 e. The first kappa shape index (κ1) is 20.2. The fourth-order valence-corrected chi connectivity index (χ4v) is 2.85. The second-order valence-corrected chi connectivity index (χ2v) is 8.71. The van der Waals surface area contributed by atoms with Gasteiger partial charge >= 0.3 is 6.18 Å². The quantitative estimate of drug-likeness (QED) is 0.549. The highest BCUT2D eigenvalue weighted by atomic mass is 19.4. The summed E-state index contributed by atoms with van der Waals surface area (Å²) in [5.74, 6) is 0.00573. The summed E-state index contributed by atoms with van der Waals surface area (Å²) in [6.45, 7) is 11.8. The van der Waals surface area contributed by atoms with Gasteiger partial charge < -0.3 is 0 Å². The van der Waals surface area contributed by atoms with Crippen LogP contribution in [-0.2, 0) is 11.0 Å². The minimum atomic E-state index is -4.38. The van der Waals surface area contributed by atoms with E-state index in [0.29, 0.717) is 16.7 Å². The number of hydrogen-bond donors (Lipinski definition) is 0. The first-order valence-corrected chi connectivity index (χ1v) is 8.57. The van der Waals surface area contributed by atoms with Crippen molar-refractivity contribution in [1.82, 2.24) is 0 Å². The van der Waals surface area contributed by atoms with Gasteiger partial charge in [0, 0.05) is 11.1 Å². The molecule has 2 rings (SSSR count). The smallest absolute Gasteiger partial charge is 0.289 e. The summed E-state index contributed by atoms with van der Waals surface area (Å²) in [7, 11) is 0. The van der Waals surface area contributed by atoms with Gasteiger partial charge in [0.15, 0.2) is 5.78 Å². The van der Waals surface area contributed by atoms with Crippen LogP contribution in [0.15, 0.2) is 53.1 Å². The molecule has 1 aliphatic rings. The lowest BCUT2D eigenvalue weighted by Crippen LogP contribution is -2.27. The molecule has 0 unspecified atom stereocenters. The zero-order valence-corrected chi connectivity index (χ0v) is 16.1. The summed E-state index contributed by atoms with van der Waals surface area (Å²) in [6.07, 6.45) is 0.894. The average molecular weight is 362 g/mol. The Labute approximate surface area is 153 Å². The van der Waals surface area contributed by atoms with Gasteiger partial charge in [-0.25, -0.2) is 0 Å². The minimum Gasteiger partial charge on any atom is -0.289 e. The monoisotopic (exact) mass is 362 g/mol. The molecule has 0 heterocycles. The molecule has 0 aliphatic heterocycles. The number of allylic oxidation sites excluding steroid dienone is 5. The molecule has 0 radical (unpaired) electrons. The summed E-state index contributed by atoms with van der Waals surface area (Å²) in [4.78, 5) is 12.9. The maximum atomic E-state index is 12.9. The Morgan fingerprint density at radius 3 is 1.77 bits per heavy atom. The lowest BCUT2D eigenvalue weighted by molar-refractivity contribution is -0.137. The van der Waals surface area contributed by atoms with Gasteiger partial charge in [0.05, 0.1) is 5.56 Å². The van der Waals surface area contributed by atoms with E-state index in [0.717, 1.165) is 17.7 Å². The van der Waals surface area contributed by atoms with Gasteiger partial charge in [-0.2, -0.15) is 13.2 Å². The molecule has 140 valence electrons. The molecule has 0 fully saturated rings. The number of alkyl halides is 3. The summed E-state index contributed by atoms with van der Waals surface area (Å²) in [5.41, 5.74) is 1.14. The van der Waals surface area contributed by atoms with E-state index in [9.17, 15) is 18.0 Å². The van der Waals surface area contributed by atoms with E-state index in [2.05, 4.69) is 0 Å². The number of halogens is 3. The third kappa shape index (κ3) is 4.54. The van der Waals surface area contributed by atoms with Gasteiger partial charge in [-0.05, 0) is 52.3 Å². The highest BCUT2D eigenvalue weighted by Crippen LogP contribution is 2.39. The standard InChI is InChI=1S/C22H25F3O/c1-20(2,3)17-12-15(13-18(19(17)26)21(4,5)6)10-14-8-7-9-16(11-14)22(23,24)25/h7-13H,1-6H3. The van der Waals surface area contributed by atoms with E-state index in [4.69, 9.17) is 0 Å². The number of benzene rings is 1. The maximum absolute atomic E-state index is 12.9. The molecule has 0 aromatic heterocycles. The Bertz CT molecular complexity index is 771. The van der Waals surface area contributed by atoms with Crippen LogP contribution in [0.5, 0.6) is 0 Å². The van der Waals surface area contributed by atoms with Crippen LogP contribution < -0.4 is 0 Å². The number of rotatable bonds is 1. The molecule has 0 saturated carbocycles. The van der Waals surface area contributed by atoms with Crippen molar-refractivity contribution in [1.29, 1.82) is 0 Å². The Morgan fingerprint density at radius 1 is 0.846 bits per heavy atom. The lowest BCUT2D eigenvalue weighted by atomic mass is 9.72. The Morgan fingerprint density at radius 2 is 1.35 bits per heavy atom. The van der Waals surface area contributed by atoms with Crippen molar-refractivity contribution in [2.24, 2.45) is 10.8 Å². The van der Waals surface area contributed by atoms with Crippen LogP contribution >= 0.6 is 0 Å². The highest BCUT2D eigenvalue weighted by molar-refractivity contribution is 6.12. The molecule has 1 aromatic rings. The van der Waals surface area contributed by atoms with Gasteiger partial charge in [0.25, 0.3) is 0 Å². The van der Waals surface area contributed by atoms with Crippen LogP contribution in [0.2, 0.25) is 0 Å². The Kier molecular flexibility index (Phi) is 5.10. The van der Waals surface area contributed by atoms with E-state index in [-0.39, 0.29) is 16.6 Å². The van der Waals surface area contributed by atoms with Crippen molar-refractivity contribution in [2.75, 3.05) is 0 Å². The average Bonchev–Trinajstić information content (AvgIpc) is 2.46. The Hall–Kier alpha value is -2.10. The minimum absolute atomic E-state index is 0.00573. The van der Waals surface area contributed by atoms with Crippen LogP contribution in [0, 0.1) is 10.8 Å². The van der Waals surface area contributed by atoms with Crippen LogP contribution in [0.1, 0.15) is 52.7 Å². The number of Topliss-reactive ketones (excluding diaryl/α,β-unsaturated/α-hetero) is 1.